The Morgan fingerprint density at radius 1 is 1.26 bits per heavy atom. The molecular formula is C13H9BrClFN2O. The third-order valence-corrected chi connectivity index (χ3v) is 3.24. The number of benzene rings is 2. The number of hydrogen-bond donors (Lipinski definition) is 2. The minimum Gasteiger partial charge on any atom is -0.399 e. The van der Waals surface area contributed by atoms with Gasteiger partial charge in [0.1, 0.15) is 5.82 Å². The summed E-state index contributed by atoms with van der Waals surface area (Å²) in [7, 11) is 0. The van der Waals surface area contributed by atoms with Crippen molar-refractivity contribution >= 4 is 44.8 Å². The number of nitrogen functional groups attached to an aromatic ring is 1. The summed E-state index contributed by atoms with van der Waals surface area (Å²) in [5.41, 5.74) is 6.03. The Morgan fingerprint density at radius 3 is 2.68 bits per heavy atom. The third kappa shape index (κ3) is 3.24. The number of hydrogen-bond acceptors (Lipinski definition) is 2. The molecule has 0 saturated carbocycles. The lowest BCUT2D eigenvalue weighted by Gasteiger charge is -2.08. The highest BCUT2D eigenvalue weighted by atomic mass is 79.9. The first kappa shape index (κ1) is 13.8. The first-order chi connectivity index (χ1) is 8.97. The van der Waals surface area contributed by atoms with Gasteiger partial charge in [0.05, 0.1) is 16.3 Å². The molecule has 0 aromatic heterocycles. The summed E-state index contributed by atoms with van der Waals surface area (Å²) in [6.07, 6.45) is 0. The summed E-state index contributed by atoms with van der Waals surface area (Å²) >= 11 is 9.17. The molecule has 6 heteroatoms. The van der Waals surface area contributed by atoms with Crippen LogP contribution in [0, 0.1) is 5.82 Å². The highest BCUT2D eigenvalue weighted by Crippen LogP contribution is 2.23. The van der Waals surface area contributed by atoms with Gasteiger partial charge in [0.25, 0.3) is 5.91 Å². The SMILES string of the molecule is Nc1ccc(NC(=O)c2cc(Br)ccc2Cl)c(F)c1. The zero-order valence-corrected chi connectivity index (χ0v) is 11.9. The van der Waals surface area contributed by atoms with Crippen molar-refractivity contribution in [1.82, 2.24) is 0 Å². The van der Waals surface area contributed by atoms with E-state index in [-0.39, 0.29) is 22.0 Å². The smallest absolute Gasteiger partial charge is 0.257 e. The maximum atomic E-state index is 13.6. The van der Waals surface area contributed by atoms with E-state index in [0.717, 1.165) is 6.07 Å². The molecule has 0 bridgehead atoms. The number of halogens is 3. The lowest BCUT2D eigenvalue weighted by Crippen LogP contribution is -2.13. The van der Waals surface area contributed by atoms with Crippen LogP contribution in [0.3, 0.4) is 0 Å². The average Bonchev–Trinajstić information content (AvgIpc) is 2.35. The molecule has 0 saturated heterocycles. The minimum atomic E-state index is -0.598. The number of anilines is 2. The minimum absolute atomic E-state index is 0.0512. The molecule has 0 fully saturated rings. The van der Waals surface area contributed by atoms with Crippen molar-refractivity contribution in [3.8, 4) is 0 Å². The predicted octanol–water partition coefficient (Wildman–Crippen LogP) is 4.08. The molecule has 2 aromatic carbocycles. The molecule has 0 heterocycles. The second kappa shape index (κ2) is 5.59. The van der Waals surface area contributed by atoms with Gasteiger partial charge < -0.3 is 11.1 Å². The molecule has 0 atom stereocenters. The molecule has 3 nitrogen and oxygen atoms in total. The van der Waals surface area contributed by atoms with E-state index in [2.05, 4.69) is 21.2 Å². The van der Waals surface area contributed by atoms with Crippen molar-refractivity contribution < 1.29 is 9.18 Å². The fourth-order valence-electron chi connectivity index (χ4n) is 1.49. The lowest BCUT2D eigenvalue weighted by molar-refractivity contribution is 0.102. The monoisotopic (exact) mass is 342 g/mol. The zero-order valence-electron chi connectivity index (χ0n) is 9.58. The number of nitrogens with one attached hydrogen (secondary N) is 1. The van der Waals surface area contributed by atoms with E-state index >= 15 is 0 Å². The van der Waals surface area contributed by atoms with Gasteiger partial charge in [0.15, 0.2) is 0 Å². The normalized spacial score (nSPS) is 10.3. The van der Waals surface area contributed by atoms with E-state index in [9.17, 15) is 9.18 Å². The molecule has 2 rings (SSSR count). The summed E-state index contributed by atoms with van der Waals surface area (Å²) in [5.74, 6) is -1.09. The summed E-state index contributed by atoms with van der Waals surface area (Å²) < 4.78 is 14.3. The summed E-state index contributed by atoms with van der Waals surface area (Å²) in [6, 6.07) is 8.89. The van der Waals surface area contributed by atoms with Crippen LogP contribution < -0.4 is 11.1 Å². The molecule has 1 amide bonds. The van der Waals surface area contributed by atoms with Crippen LogP contribution in [0.5, 0.6) is 0 Å². The molecule has 0 spiro atoms. The number of carbonyl (C=O) groups is 1. The molecule has 0 aliphatic heterocycles. The van der Waals surface area contributed by atoms with Crippen LogP contribution in [0.15, 0.2) is 40.9 Å². The van der Waals surface area contributed by atoms with Gasteiger partial charge in [0.2, 0.25) is 0 Å². The quantitative estimate of drug-likeness (QED) is 0.807. The standard InChI is InChI=1S/C13H9BrClFN2O/c14-7-1-3-10(15)9(5-7)13(19)18-12-4-2-8(17)6-11(12)16/h1-6H,17H2,(H,18,19). The summed E-state index contributed by atoms with van der Waals surface area (Å²) in [6.45, 7) is 0. The Hall–Kier alpha value is -1.59. The van der Waals surface area contributed by atoms with Crippen molar-refractivity contribution in [2.45, 2.75) is 0 Å². The van der Waals surface area contributed by atoms with Gasteiger partial charge >= 0.3 is 0 Å². The fraction of sp³-hybridized carbons (Fsp3) is 0. The van der Waals surface area contributed by atoms with Gasteiger partial charge in [-0.15, -0.1) is 0 Å². The van der Waals surface area contributed by atoms with Crippen LogP contribution in [-0.2, 0) is 0 Å². The predicted molar refractivity (Wildman–Crippen MR) is 77.9 cm³/mol. The Kier molecular flexibility index (Phi) is 4.07. The molecular weight excluding hydrogens is 335 g/mol. The molecule has 3 N–H and O–H groups in total. The second-order valence-electron chi connectivity index (χ2n) is 3.82. The maximum Gasteiger partial charge on any atom is 0.257 e. The van der Waals surface area contributed by atoms with Gasteiger partial charge in [-0.2, -0.15) is 0 Å². The average molecular weight is 344 g/mol. The second-order valence-corrected chi connectivity index (χ2v) is 5.14. The van der Waals surface area contributed by atoms with Crippen molar-refractivity contribution in [2.75, 3.05) is 11.1 Å². The van der Waals surface area contributed by atoms with Gasteiger partial charge in [-0.05, 0) is 36.4 Å². The third-order valence-electron chi connectivity index (χ3n) is 2.41. The van der Waals surface area contributed by atoms with E-state index in [0.29, 0.717) is 4.47 Å². The molecule has 0 aliphatic carbocycles. The van der Waals surface area contributed by atoms with Crippen LogP contribution >= 0.6 is 27.5 Å². The van der Waals surface area contributed by atoms with E-state index in [1.54, 1.807) is 18.2 Å². The summed E-state index contributed by atoms with van der Waals surface area (Å²) in [4.78, 5) is 12.0. The van der Waals surface area contributed by atoms with Gasteiger partial charge in [-0.3, -0.25) is 4.79 Å². The van der Waals surface area contributed by atoms with Crippen LogP contribution in [0.2, 0.25) is 5.02 Å². The van der Waals surface area contributed by atoms with Crippen LogP contribution in [-0.4, -0.2) is 5.91 Å². The van der Waals surface area contributed by atoms with Gasteiger partial charge in [-0.1, -0.05) is 27.5 Å². The highest BCUT2D eigenvalue weighted by Gasteiger charge is 2.13. The molecule has 98 valence electrons. The van der Waals surface area contributed by atoms with Crippen LogP contribution in [0.25, 0.3) is 0 Å². The van der Waals surface area contributed by atoms with Crippen LogP contribution in [0.4, 0.5) is 15.8 Å². The largest absolute Gasteiger partial charge is 0.399 e. The lowest BCUT2D eigenvalue weighted by atomic mass is 10.2. The topological polar surface area (TPSA) is 55.1 Å². The van der Waals surface area contributed by atoms with Crippen molar-refractivity contribution in [1.29, 1.82) is 0 Å². The Balaban J connectivity index is 2.28. The van der Waals surface area contributed by atoms with E-state index in [4.69, 9.17) is 17.3 Å². The van der Waals surface area contributed by atoms with Crippen molar-refractivity contribution in [2.24, 2.45) is 0 Å². The highest BCUT2D eigenvalue weighted by molar-refractivity contribution is 9.10. The van der Waals surface area contributed by atoms with E-state index < -0.39 is 11.7 Å². The Bertz CT molecular complexity index is 649. The number of carbonyl (C=O) groups excluding carboxylic acids is 1. The molecule has 0 unspecified atom stereocenters. The maximum absolute atomic E-state index is 13.6. The fourth-order valence-corrected chi connectivity index (χ4v) is 2.06. The first-order valence-corrected chi connectivity index (χ1v) is 6.46. The first-order valence-electron chi connectivity index (χ1n) is 5.29. The van der Waals surface area contributed by atoms with Crippen molar-refractivity contribution in [3.63, 3.8) is 0 Å². The van der Waals surface area contributed by atoms with Gasteiger partial charge in [0, 0.05) is 10.2 Å². The number of rotatable bonds is 2. The zero-order chi connectivity index (χ0) is 14.0. The molecule has 19 heavy (non-hydrogen) atoms. The number of nitrogens with two attached hydrogens (primary N) is 1. The van der Waals surface area contributed by atoms with E-state index in [1.165, 1.54) is 12.1 Å². The Labute approximate surface area is 122 Å². The van der Waals surface area contributed by atoms with Crippen LogP contribution in [0.1, 0.15) is 10.4 Å². The number of amides is 1. The molecule has 2 aromatic rings. The van der Waals surface area contributed by atoms with Crippen molar-refractivity contribution in [3.05, 3.63) is 57.3 Å². The molecule has 0 aliphatic rings. The molecule has 0 radical (unpaired) electrons. The Morgan fingerprint density at radius 2 is 2.00 bits per heavy atom. The van der Waals surface area contributed by atoms with Gasteiger partial charge in [-0.25, -0.2) is 4.39 Å². The van der Waals surface area contributed by atoms with E-state index in [1.807, 2.05) is 0 Å². The summed E-state index contributed by atoms with van der Waals surface area (Å²) in [5, 5.41) is 2.74.